The van der Waals surface area contributed by atoms with Crippen molar-refractivity contribution in [2.45, 2.75) is 39.5 Å². The summed E-state index contributed by atoms with van der Waals surface area (Å²) >= 11 is 0. The molecule has 74 valence electrons. The van der Waals surface area contributed by atoms with Crippen LogP contribution in [0.4, 0.5) is 0 Å². The third-order valence-electron chi connectivity index (χ3n) is 2.58. The zero-order chi connectivity index (χ0) is 9.90. The van der Waals surface area contributed by atoms with Gasteiger partial charge in [-0.05, 0) is 24.7 Å². The predicted octanol–water partition coefficient (Wildman–Crippen LogP) is 2.79. The van der Waals surface area contributed by atoms with Crippen LogP contribution in [0.5, 0.6) is 0 Å². The SMILES string of the molecule is CC1(C)CCC=C(CC[N+](=O)[O-])C1. The number of nitrogens with zero attached hydrogens (tertiary/aromatic N) is 1. The van der Waals surface area contributed by atoms with Crippen LogP contribution in [-0.4, -0.2) is 11.5 Å². The summed E-state index contributed by atoms with van der Waals surface area (Å²) in [4.78, 5) is 9.95. The lowest BCUT2D eigenvalue weighted by molar-refractivity contribution is -0.479. The van der Waals surface area contributed by atoms with Crippen LogP contribution in [0.2, 0.25) is 0 Å². The number of allylic oxidation sites excluding steroid dienone is 1. The Bertz CT molecular complexity index is 231. The largest absolute Gasteiger partial charge is 0.265 e. The van der Waals surface area contributed by atoms with Gasteiger partial charge in [0.25, 0.3) is 0 Å². The van der Waals surface area contributed by atoms with Gasteiger partial charge in [-0.1, -0.05) is 25.5 Å². The molecule has 0 unspecified atom stereocenters. The average molecular weight is 183 g/mol. The molecule has 3 heteroatoms. The molecule has 0 saturated carbocycles. The third kappa shape index (κ3) is 3.57. The Morgan fingerprint density at radius 2 is 2.31 bits per heavy atom. The molecule has 0 aromatic heterocycles. The molecule has 0 N–H and O–H groups in total. The molecule has 0 aliphatic heterocycles. The van der Waals surface area contributed by atoms with E-state index in [1.54, 1.807) is 0 Å². The Labute approximate surface area is 79.0 Å². The minimum Gasteiger partial charge on any atom is -0.265 e. The lowest BCUT2D eigenvalue weighted by Gasteiger charge is -2.29. The first-order valence-electron chi connectivity index (χ1n) is 4.79. The fourth-order valence-corrected chi connectivity index (χ4v) is 1.87. The van der Waals surface area contributed by atoms with E-state index in [1.165, 1.54) is 12.0 Å². The van der Waals surface area contributed by atoms with Crippen molar-refractivity contribution in [3.8, 4) is 0 Å². The van der Waals surface area contributed by atoms with Crippen molar-refractivity contribution in [3.05, 3.63) is 21.8 Å². The predicted molar refractivity (Wildman–Crippen MR) is 52.2 cm³/mol. The van der Waals surface area contributed by atoms with Gasteiger partial charge >= 0.3 is 0 Å². The molecule has 0 spiro atoms. The Morgan fingerprint density at radius 3 is 2.85 bits per heavy atom. The molecule has 0 heterocycles. The first-order valence-corrected chi connectivity index (χ1v) is 4.79. The van der Waals surface area contributed by atoms with Crippen LogP contribution >= 0.6 is 0 Å². The zero-order valence-electron chi connectivity index (χ0n) is 8.38. The molecule has 0 aromatic carbocycles. The van der Waals surface area contributed by atoms with Crippen molar-refractivity contribution in [3.63, 3.8) is 0 Å². The van der Waals surface area contributed by atoms with E-state index >= 15 is 0 Å². The number of nitro groups is 1. The summed E-state index contributed by atoms with van der Waals surface area (Å²) in [6.07, 6.45) is 6.13. The van der Waals surface area contributed by atoms with Crippen molar-refractivity contribution in [2.75, 3.05) is 6.54 Å². The van der Waals surface area contributed by atoms with Gasteiger partial charge in [0.05, 0.1) is 0 Å². The van der Waals surface area contributed by atoms with Gasteiger partial charge in [-0.15, -0.1) is 0 Å². The second-order valence-electron chi connectivity index (χ2n) is 4.55. The van der Waals surface area contributed by atoms with Gasteiger partial charge in [-0.3, -0.25) is 10.1 Å². The van der Waals surface area contributed by atoms with Crippen molar-refractivity contribution >= 4 is 0 Å². The van der Waals surface area contributed by atoms with E-state index in [0.717, 1.165) is 12.8 Å². The maximum absolute atomic E-state index is 10.2. The van der Waals surface area contributed by atoms with Crippen LogP contribution in [0.25, 0.3) is 0 Å². The van der Waals surface area contributed by atoms with E-state index in [2.05, 4.69) is 19.9 Å². The molecule has 1 rings (SSSR count). The zero-order valence-corrected chi connectivity index (χ0v) is 8.38. The van der Waals surface area contributed by atoms with E-state index < -0.39 is 0 Å². The quantitative estimate of drug-likeness (QED) is 0.383. The van der Waals surface area contributed by atoms with Crippen LogP contribution in [0.15, 0.2) is 11.6 Å². The van der Waals surface area contributed by atoms with Gasteiger partial charge in [-0.25, -0.2) is 0 Å². The highest BCUT2D eigenvalue weighted by Crippen LogP contribution is 2.36. The van der Waals surface area contributed by atoms with Crippen molar-refractivity contribution < 1.29 is 4.92 Å². The summed E-state index contributed by atoms with van der Waals surface area (Å²) in [7, 11) is 0. The molecule has 0 aromatic rings. The van der Waals surface area contributed by atoms with Gasteiger partial charge in [0.15, 0.2) is 0 Å². The standard InChI is InChI=1S/C10H17NO2/c1-10(2)6-3-4-9(8-10)5-7-11(12)13/h4H,3,5-8H2,1-2H3. The maximum atomic E-state index is 10.2. The minimum atomic E-state index is -0.234. The molecule has 0 saturated heterocycles. The fourth-order valence-electron chi connectivity index (χ4n) is 1.87. The molecule has 0 fully saturated rings. The second-order valence-corrected chi connectivity index (χ2v) is 4.55. The summed E-state index contributed by atoms with van der Waals surface area (Å²) < 4.78 is 0. The highest BCUT2D eigenvalue weighted by atomic mass is 16.6. The van der Waals surface area contributed by atoms with Crippen LogP contribution < -0.4 is 0 Å². The fraction of sp³-hybridized carbons (Fsp3) is 0.800. The van der Waals surface area contributed by atoms with E-state index in [0.29, 0.717) is 11.8 Å². The molecule has 0 bridgehead atoms. The average Bonchev–Trinajstić information content (AvgIpc) is 1.99. The normalized spacial score (nSPS) is 20.9. The molecular weight excluding hydrogens is 166 g/mol. The maximum Gasteiger partial charge on any atom is 0.207 e. The van der Waals surface area contributed by atoms with Gasteiger partial charge in [-0.2, -0.15) is 0 Å². The number of hydrogen-bond donors (Lipinski definition) is 0. The molecule has 3 nitrogen and oxygen atoms in total. The Kier molecular flexibility index (Phi) is 3.07. The molecule has 0 amide bonds. The van der Waals surface area contributed by atoms with Gasteiger partial charge < -0.3 is 0 Å². The van der Waals surface area contributed by atoms with Crippen molar-refractivity contribution in [1.29, 1.82) is 0 Å². The molecule has 1 aliphatic rings. The molecule has 13 heavy (non-hydrogen) atoms. The molecule has 0 radical (unpaired) electrons. The summed E-state index contributed by atoms with van der Waals surface area (Å²) in [5.41, 5.74) is 1.62. The summed E-state index contributed by atoms with van der Waals surface area (Å²) in [5.74, 6) is 0. The minimum absolute atomic E-state index is 0.0852. The second kappa shape index (κ2) is 3.90. The van der Waals surface area contributed by atoms with Crippen LogP contribution in [0.1, 0.15) is 39.5 Å². The Morgan fingerprint density at radius 1 is 1.62 bits per heavy atom. The van der Waals surface area contributed by atoms with Crippen molar-refractivity contribution in [1.82, 2.24) is 0 Å². The van der Waals surface area contributed by atoms with E-state index in [4.69, 9.17) is 0 Å². The lowest BCUT2D eigenvalue weighted by Crippen LogP contribution is -2.17. The summed E-state index contributed by atoms with van der Waals surface area (Å²) in [6.45, 7) is 4.54. The monoisotopic (exact) mass is 183 g/mol. The molecule has 1 aliphatic carbocycles. The first-order chi connectivity index (χ1) is 5.99. The summed E-state index contributed by atoms with van der Waals surface area (Å²) in [5, 5.41) is 10.2. The number of hydrogen-bond acceptors (Lipinski definition) is 2. The van der Waals surface area contributed by atoms with E-state index in [1.807, 2.05) is 0 Å². The Balaban J connectivity index is 2.42. The van der Waals surface area contributed by atoms with E-state index in [-0.39, 0.29) is 11.5 Å². The highest BCUT2D eigenvalue weighted by molar-refractivity contribution is 5.09. The van der Waals surface area contributed by atoms with Crippen molar-refractivity contribution in [2.24, 2.45) is 5.41 Å². The van der Waals surface area contributed by atoms with Crippen LogP contribution in [0, 0.1) is 15.5 Å². The first kappa shape index (κ1) is 10.2. The highest BCUT2D eigenvalue weighted by Gasteiger charge is 2.22. The lowest BCUT2D eigenvalue weighted by atomic mass is 9.77. The van der Waals surface area contributed by atoms with Gasteiger partial charge in [0, 0.05) is 11.3 Å². The Hall–Kier alpha value is -0.860. The summed E-state index contributed by atoms with van der Waals surface area (Å²) in [6, 6.07) is 0. The van der Waals surface area contributed by atoms with Crippen LogP contribution in [-0.2, 0) is 0 Å². The number of rotatable bonds is 3. The van der Waals surface area contributed by atoms with Crippen LogP contribution in [0.3, 0.4) is 0 Å². The van der Waals surface area contributed by atoms with Gasteiger partial charge in [0.2, 0.25) is 6.54 Å². The van der Waals surface area contributed by atoms with E-state index in [9.17, 15) is 10.1 Å². The third-order valence-corrected chi connectivity index (χ3v) is 2.58. The molecule has 0 atom stereocenters. The van der Waals surface area contributed by atoms with Gasteiger partial charge in [0.1, 0.15) is 0 Å². The smallest absolute Gasteiger partial charge is 0.207 e. The topological polar surface area (TPSA) is 43.1 Å². The molecular formula is C10H17NO2.